The van der Waals surface area contributed by atoms with Crippen LogP contribution in [-0.2, 0) is 21.1 Å². The molecule has 0 saturated heterocycles. The molecule has 0 aliphatic carbocycles. The summed E-state index contributed by atoms with van der Waals surface area (Å²) in [5.41, 5.74) is 0. The number of hydrogen-bond acceptors (Lipinski definition) is 0. The fourth-order valence-electron chi connectivity index (χ4n) is 0.811. The molecule has 0 aliphatic heterocycles. The number of hydrogen-bond donors (Lipinski definition) is 0. The van der Waals surface area contributed by atoms with Gasteiger partial charge in [0.2, 0.25) is 0 Å². The molecule has 0 bridgehead atoms. The minimum Gasteiger partial charge on any atom is -0.343 e. The van der Waals surface area contributed by atoms with E-state index in [-0.39, 0.29) is 28.5 Å². The minimum absolute atomic E-state index is 0. The van der Waals surface area contributed by atoms with Gasteiger partial charge in [-0.3, -0.25) is 0 Å². The molecule has 0 aliphatic rings. The Hall–Kier alpha value is 0.688. The Morgan fingerprint density at radius 1 is 1.00 bits per heavy atom. The van der Waals surface area contributed by atoms with Crippen LogP contribution < -0.4 is 0 Å². The third kappa shape index (κ3) is 13.3. The van der Waals surface area contributed by atoms with E-state index >= 15 is 0 Å². The summed E-state index contributed by atoms with van der Waals surface area (Å²) in [6, 6.07) is 0. The summed E-state index contributed by atoms with van der Waals surface area (Å²) in [5, 5.41) is 0. The molecule has 0 amide bonds. The quantitative estimate of drug-likeness (QED) is 0.669. The van der Waals surface area contributed by atoms with Crippen molar-refractivity contribution in [2.24, 2.45) is 11.8 Å². The predicted octanol–water partition coefficient (Wildman–Crippen LogP) is 4.37. The maximum Gasteiger partial charge on any atom is 2.00 e. The molecule has 0 saturated carbocycles. The van der Waals surface area contributed by atoms with Gasteiger partial charge in [0.05, 0.1) is 0 Å². The van der Waals surface area contributed by atoms with Gasteiger partial charge in [0.15, 0.2) is 0 Å². The Morgan fingerprint density at radius 3 is 1.25 bits per heavy atom. The fourth-order valence-corrected chi connectivity index (χ4v) is 0.811. The van der Waals surface area contributed by atoms with Crippen LogP contribution >= 0.6 is 0 Å². The number of rotatable bonds is 3. The van der Waals surface area contributed by atoms with Gasteiger partial charge in [-0.25, -0.2) is 0 Å². The Morgan fingerprint density at radius 2 is 1.25 bits per heavy atom. The molecule has 0 fully saturated rings. The summed E-state index contributed by atoms with van der Waals surface area (Å²) in [6.45, 7) is 16.1. The van der Waals surface area contributed by atoms with Gasteiger partial charge in [-0.1, -0.05) is 41.0 Å². The van der Waals surface area contributed by atoms with Crippen molar-refractivity contribution in [3.63, 3.8) is 0 Å². The molecule has 0 aromatic heterocycles. The topological polar surface area (TPSA) is 0 Å². The molecule has 0 aromatic rings. The van der Waals surface area contributed by atoms with Gasteiger partial charge in [-0.15, -0.1) is 0 Å². The van der Waals surface area contributed by atoms with Crippen LogP contribution in [0.5, 0.6) is 0 Å². The molecule has 0 rings (SSSR count). The third-order valence-corrected chi connectivity index (χ3v) is 1.68. The average molecular weight is 342 g/mol. The monoisotopic (exact) mass is 342 g/mol. The zero-order chi connectivity index (χ0) is 8.57. The van der Waals surface area contributed by atoms with Crippen molar-refractivity contribution in [1.82, 2.24) is 0 Å². The Kier molecular flexibility index (Phi) is 33.8. The largest absolute Gasteiger partial charge is 2.00 e. The van der Waals surface area contributed by atoms with E-state index in [9.17, 15) is 0 Å². The summed E-state index contributed by atoms with van der Waals surface area (Å²) < 4.78 is 0. The van der Waals surface area contributed by atoms with Crippen LogP contribution in [0.2, 0.25) is 0 Å². The van der Waals surface area contributed by atoms with E-state index < -0.39 is 0 Å². The SMILES string of the molecule is C.CC.[CH2-]CC(C[CH2-])C(C)C.[W+2]. The van der Waals surface area contributed by atoms with Gasteiger partial charge in [-0.05, 0) is 5.92 Å². The van der Waals surface area contributed by atoms with Crippen molar-refractivity contribution < 1.29 is 21.1 Å². The second kappa shape index (κ2) is 17.7. The van der Waals surface area contributed by atoms with Crippen LogP contribution in [0.1, 0.15) is 48.0 Å². The molecular formula is C11H26W. The summed E-state index contributed by atoms with van der Waals surface area (Å²) in [4.78, 5) is 0. The maximum absolute atomic E-state index is 3.84. The van der Waals surface area contributed by atoms with Gasteiger partial charge < -0.3 is 13.8 Å². The van der Waals surface area contributed by atoms with Crippen molar-refractivity contribution in [3.05, 3.63) is 13.8 Å². The standard InChI is InChI=1S/C8H16.C2H6.CH4.W/c1-5-8(6-2)7(3)4;1-2;;/h7-8H,1-2,5-6H2,3-4H3;1-2H3;1H4;/q-2;;;+2. The van der Waals surface area contributed by atoms with E-state index in [1.165, 1.54) is 0 Å². The molecule has 0 spiro atoms. The van der Waals surface area contributed by atoms with Gasteiger partial charge in [0.1, 0.15) is 0 Å². The van der Waals surface area contributed by atoms with E-state index in [1.807, 2.05) is 13.8 Å². The smallest absolute Gasteiger partial charge is 0.343 e. The van der Waals surface area contributed by atoms with Crippen LogP contribution in [0.3, 0.4) is 0 Å². The molecule has 0 nitrogen and oxygen atoms in total. The van der Waals surface area contributed by atoms with Crippen LogP contribution in [0.15, 0.2) is 0 Å². The first kappa shape index (κ1) is 23.0. The van der Waals surface area contributed by atoms with E-state index in [0.29, 0.717) is 0 Å². The van der Waals surface area contributed by atoms with Crippen molar-refractivity contribution in [1.29, 1.82) is 0 Å². The summed E-state index contributed by atoms with van der Waals surface area (Å²) in [6.07, 6.45) is 2.06. The third-order valence-electron chi connectivity index (χ3n) is 1.68. The Labute approximate surface area is 94.8 Å². The molecule has 0 heterocycles. The molecule has 0 atom stereocenters. The molecule has 76 valence electrons. The van der Waals surface area contributed by atoms with E-state index in [4.69, 9.17) is 0 Å². The first-order valence-electron chi connectivity index (χ1n) is 4.30. The normalized spacial score (nSPS) is 8.00. The van der Waals surface area contributed by atoms with Gasteiger partial charge in [0, 0.05) is 0 Å². The zero-order valence-corrected chi connectivity index (χ0v) is 11.3. The summed E-state index contributed by atoms with van der Waals surface area (Å²) in [5.74, 6) is 1.49. The Balaban J connectivity index is -0.0000000740. The second-order valence-corrected chi connectivity index (χ2v) is 2.58. The van der Waals surface area contributed by atoms with Crippen molar-refractivity contribution >= 4 is 0 Å². The first-order chi connectivity index (χ1) is 4.72. The Bertz CT molecular complexity index is 47.0. The fraction of sp³-hybridized carbons (Fsp3) is 0.818. The minimum atomic E-state index is 0. The van der Waals surface area contributed by atoms with Crippen molar-refractivity contribution in [2.75, 3.05) is 0 Å². The molecule has 0 unspecified atom stereocenters. The van der Waals surface area contributed by atoms with Gasteiger partial charge in [0.25, 0.3) is 0 Å². The molecule has 12 heavy (non-hydrogen) atoms. The maximum atomic E-state index is 3.84. The average Bonchev–Trinajstić information content (AvgIpc) is 1.94. The summed E-state index contributed by atoms with van der Waals surface area (Å²) >= 11 is 0. The van der Waals surface area contributed by atoms with Gasteiger partial charge in [-0.2, -0.15) is 12.8 Å². The van der Waals surface area contributed by atoms with E-state index in [1.54, 1.807) is 0 Å². The van der Waals surface area contributed by atoms with Gasteiger partial charge >= 0.3 is 21.1 Å². The molecule has 1 heteroatoms. The molecular weight excluding hydrogens is 316 g/mol. The first-order valence-corrected chi connectivity index (χ1v) is 4.30. The van der Waals surface area contributed by atoms with E-state index in [0.717, 1.165) is 24.7 Å². The molecule has 0 aromatic carbocycles. The van der Waals surface area contributed by atoms with Crippen LogP contribution in [0.25, 0.3) is 0 Å². The predicted molar refractivity (Wildman–Crippen MR) is 56.4 cm³/mol. The summed E-state index contributed by atoms with van der Waals surface area (Å²) in [7, 11) is 0. The second-order valence-electron chi connectivity index (χ2n) is 2.58. The van der Waals surface area contributed by atoms with E-state index in [2.05, 4.69) is 27.7 Å². The van der Waals surface area contributed by atoms with Crippen molar-refractivity contribution in [2.45, 2.75) is 48.0 Å². The van der Waals surface area contributed by atoms with Crippen LogP contribution in [0, 0.1) is 25.7 Å². The zero-order valence-electron chi connectivity index (χ0n) is 8.39. The van der Waals surface area contributed by atoms with Crippen LogP contribution in [-0.4, -0.2) is 0 Å². The molecule has 0 radical (unpaired) electrons. The van der Waals surface area contributed by atoms with Crippen LogP contribution in [0.4, 0.5) is 0 Å². The van der Waals surface area contributed by atoms with Crippen molar-refractivity contribution in [3.8, 4) is 0 Å². The molecule has 0 N–H and O–H groups in total.